The molecule has 4 aromatic rings. The van der Waals surface area contributed by atoms with E-state index in [0.29, 0.717) is 0 Å². The molecule has 0 spiro atoms. The number of rotatable bonds is 2. The summed E-state index contributed by atoms with van der Waals surface area (Å²) in [6, 6.07) is 21.6. The first-order chi connectivity index (χ1) is 16.1. The van der Waals surface area contributed by atoms with Crippen LogP contribution in [0.2, 0.25) is 0 Å². The van der Waals surface area contributed by atoms with Crippen LogP contribution >= 0.6 is 0 Å². The minimum absolute atomic E-state index is 0. The number of hydrogen-bond acceptors (Lipinski definition) is 4. The summed E-state index contributed by atoms with van der Waals surface area (Å²) in [4.78, 5) is 28.2. The molecule has 5 rings (SSSR count). The van der Waals surface area contributed by atoms with E-state index in [0.717, 1.165) is 61.1 Å². The van der Waals surface area contributed by atoms with E-state index >= 15 is 0 Å². The maximum absolute atomic E-state index is 13.3. The van der Waals surface area contributed by atoms with E-state index < -0.39 is 0 Å². The fraction of sp³-hybridized carbons (Fsp3) is 0.167. The largest absolute Gasteiger partial charge is 0.512 e. The number of hydrogen-bond donors (Lipinski definition) is 1. The summed E-state index contributed by atoms with van der Waals surface area (Å²) in [5.41, 5.74) is 9.55. The number of ketones is 2. The van der Waals surface area contributed by atoms with Gasteiger partial charge in [-0.3, -0.25) is 14.6 Å². The van der Waals surface area contributed by atoms with Gasteiger partial charge in [0.25, 0.3) is 0 Å². The van der Waals surface area contributed by atoms with Crippen molar-refractivity contribution in [3.8, 4) is 22.4 Å². The second-order valence-corrected chi connectivity index (χ2v) is 8.78. The third-order valence-electron chi connectivity index (χ3n) is 5.62. The van der Waals surface area contributed by atoms with Crippen molar-refractivity contribution in [1.29, 1.82) is 0 Å². The van der Waals surface area contributed by atoms with Crippen LogP contribution in [0.5, 0.6) is 0 Å². The number of carbonyl (C=O) groups is 2. The molecule has 0 atom stereocenters. The van der Waals surface area contributed by atoms with Crippen molar-refractivity contribution in [3.63, 3.8) is 0 Å². The third kappa shape index (κ3) is 5.48. The Balaban J connectivity index is 0.000000378. The van der Waals surface area contributed by atoms with E-state index in [9.17, 15) is 9.59 Å². The van der Waals surface area contributed by atoms with Crippen LogP contribution < -0.4 is 0 Å². The second-order valence-electron chi connectivity index (χ2n) is 8.78. The van der Waals surface area contributed by atoms with Gasteiger partial charge < -0.3 is 5.11 Å². The Kier molecular flexibility index (Phi) is 7.84. The van der Waals surface area contributed by atoms with Gasteiger partial charge in [0.05, 0.1) is 11.3 Å². The monoisotopic (exact) mass is 641 g/mol. The topological polar surface area (TPSA) is 67.3 Å². The van der Waals surface area contributed by atoms with Gasteiger partial charge in [-0.25, -0.2) is 0 Å². The molecule has 1 aromatic heterocycles. The molecular weight excluding hydrogens is 615 g/mol. The number of pyridine rings is 1. The molecule has 4 nitrogen and oxygen atoms in total. The summed E-state index contributed by atoms with van der Waals surface area (Å²) in [6.45, 7) is 9.00. The molecule has 5 heteroatoms. The second kappa shape index (κ2) is 10.5. The summed E-state index contributed by atoms with van der Waals surface area (Å²) >= 11 is 0. The zero-order chi connectivity index (χ0) is 24.6. The molecule has 0 saturated heterocycles. The number of benzene rings is 3. The Hall–Kier alpha value is -3.40. The van der Waals surface area contributed by atoms with Gasteiger partial charge in [-0.2, -0.15) is 0 Å². The van der Waals surface area contributed by atoms with Gasteiger partial charge in [-0.05, 0) is 43.7 Å². The van der Waals surface area contributed by atoms with Gasteiger partial charge in [0.2, 0.25) is 0 Å². The molecule has 0 fully saturated rings. The minimum Gasteiger partial charge on any atom is -0.512 e. The number of allylic oxidation sites excluding steroid dienone is 2. The molecule has 0 saturated carbocycles. The van der Waals surface area contributed by atoms with Crippen LogP contribution in [0.3, 0.4) is 0 Å². The Morgan fingerprint density at radius 3 is 2.26 bits per heavy atom. The number of fused-ring (bicyclic) bond motifs is 2. The Labute approximate surface area is 219 Å². The van der Waals surface area contributed by atoms with Crippen LogP contribution in [0.4, 0.5) is 0 Å². The zero-order valence-electron chi connectivity index (χ0n) is 20.3. The third-order valence-corrected chi connectivity index (χ3v) is 5.62. The predicted molar refractivity (Wildman–Crippen MR) is 136 cm³/mol. The van der Waals surface area contributed by atoms with E-state index in [4.69, 9.17) is 10.1 Å². The molecule has 0 aliphatic heterocycles. The van der Waals surface area contributed by atoms with Gasteiger partial charge in [0, 0.05) is 42.7 Å². The van der Waals surface area contributed by atoms with Gasteiger partial charge in [-0.1, -0.05) is 55.8 Å². The maximum atomic E-state index is 13.3. The first-order valence-corrected chi connectivity index (χ1v) is 11.1. The van der Waals surface area contributed by atoms with Crippen LogP contribution in [-0.2, 0) is 24.9 Å². The molecule has 3 aromatic carbocycles. The van der Waals surface area contributed by atoms with Gasteiger partial charge >= 0.3 is 0 Å². The van der Waals surface area contributed by atoms with Crippen LogP contribution in [0, 0.1) is 26.8 Å². The molecular formula is C30H26IrNO3-. The van der Waals surface area contributed by atoms with Crippen molar-refractivity contribution in [2.24, 2.45) is 0 Å². The smallest absolute Gasteiger partial charge is 0.193 e. The van der Waals surface area contributed by atoms with E-state index in [2.05, 4.69) is 44.2 Å². The molecule has 179 valence electrons. The molecule has 0 unspecified atom stereocenters. The normalized spacial score (nSPS) is 11.8. The van der Waals surface area contributed by atoms with Crippen molar-refractivity contribution in [1.82, 2.24) is 4.98 Å². The van der Waals surface area contributed by atoms with Crippen LogP contribution in [0.15, 0.2) is 66.4 Å². The first kappa shape index (κ1) is 26.2. The fourth-order valence-corrected chi connectivity index (χ4v) is 4.38. The number of carbonyl (C=O) groups excluding carboxylic acids is 2. The van der Waals surface area contributed by atoms with Gasteiger partial charge in [0.1, 0.15) is 0 Å². The summed E-state index contributed by atoms with van der Waals surface area (Å²) in [5, 5.41) is 9.32. The van der Waals surface area contributed by atoms with Gasteiger partial charge in [-0.15, -0.1) is 34.9 Å². The van der Waals surface area contributed by atoms with Crippen molar-refractivity contribution in [2.75, 3.05) is 0 Å². The number of aromatic nitrogens is 1. The summed E-state index contributed by atoms with van der Waals surface area (Å²) in [6.07, 6.45) is 1.17. The zero-order valence-corrected chi connectivity index (χ0v) is 22.7. The van der Waals surface area contributed by atoms with Crippen LogP contribution in [-0.4, -0.2) is 21.7 Å². The Bertz CT molecular complexity index is 1480. The number of nitrogens with zero attached hydrogens (tertiary/aromatic N) is 1. The van der Waals surface area contributed by atoms with Crippen LogP contribution in [0.1, 0.15) is 46.5 Å². The first-order valence-electron chi connectivity index (χ1n) is 11.1. The molecule has 35 heavy (non-hydrogen) atoms. The summed E-state index contributed by atoms with van der Waals surface area (Å²) in [7, 11) is 0. The molecule has 1 aliphatic rings. The molecule has 0 amide bonds. The van der Waals surface area contributed by atoms with Gasteiger partial charge in [0.15, 0.2) is 11.6 Å². The van der Waals surface area contributed by atoms with E-state index in [-0.39, 0.29) is 37.4 Å². The standard InChI is InChI=1S/C25H18NO.C5H8O2.Ir/c1-14-7-8-19-20(12-14)18-5-4-6-22-24(18)21(25(19)27)13-23(26-22)17-10-15(2)9-16(3)11-17;1-4(6)3-5(2)7;/h4-10,12-13H,1-3H3;3,6H,1-2H3;/q-1;;/b;4-3-;. The van der Waals surface area contributed by atoms with E-state index in [1.807, 2.05) is 37.3 Å². The number of aliphatic hydroxyl groups excluding tert-OH is 1. The number of aliphatic hydroxyl groups is 1. The maximum Gasteiger partial charge on any atom is 0.193 e. The molecule has 1 N–H and O–H groups in total. The predicted octanol–water partition coefficient (Wildman–Crippen LogP) is 6.87. The molecule has 1 radical (unpaired) electrons. The minimum atomic E-state index is -0.125. The molecule has 0 bridgehead atoms. The van der Waals surface area contributed by atoms with Crippen molar-refractivity contribution < 1.29 is 34.8 Å². The Morgan fingerprint density at radius 2 is 1.63 bits per heavy atom. The van der Waals surface area contributed by atoms with Crippen LogP contribution in [0.25, 0.3) is 33.3 Å². The van der Waals surface area contributed by atoms with Crippen molar-refractivity contribution in [3.05, 3.63) is 100 Å². The molecule has 1 aliphatic carbocycles. The van der Waals surface area contributed by atoms with E-state index in [1.54, 1.807) is 0 Å². The quantitative estimate of drug-likeness (QED) is 0.130. The molecule has 1 heterocycles. The fourth-order valence-electron chi connectivity index (χ4n) is 4.38. The average Bonchev–Trinajstić information content (AvgIpc) is 2.75. The summed E-state index contributed by atoms with van der Waals surface area (Å²) < 4.78 is 0. The Morgan fingerprint density at radius 1 is 0.886 bits per heavy atom. The van der Waals surface area contributed by atoms with Crippen molar-refractivity contribution in [2.45, 2.75) is 34.6 Å². The average molecular weight is 641 g/mol. The van der Waals surface area contributed by atoms with Crippen molar-refractivity contribution >= 4 is 22.5 Å². The number of aryl methyl sites for hydroxylation is 3. The van der Waals surface area contributed by atoms with E-state index in [1.165, 1.54) is 19.9 Å². The summed E-state index contributed by atoms with van der Waals surface area (Å²) in [5.74, 6) is 0.00854. The SMILES string of the molecule is CC(=O)/C=C(/C)O.Cc1[c-]c(-c2cc3c4c(cccc4n2)-c2cc(C)ccc2C3=O)cc(C)c1.[Ir].